The third kappa shape index (κ3) is 5.99. The fourth-order valence-corrected chi connectivity index (χ4v) is 4.12. The summed E-state index contributed by atoms with van der Waals surface area (Å²) in [5.41, 5.74) is 2.43. The zero-order chi connectivity index (χ0) is 25.5. The van der Waals surface area contributed by atoms with Crippen molar-refractivity contribution in [3.63, 3.8) is 0 Å². The second kappa shape index (κ2) is 11.5. The molecule has 0 aliphatic heterocycles. The quantitative estimate of drug-likeness (QED) is 0.351. The number of nitrogens with zero attached hydrogens (tertiary/aromatic N) is 4. The average molecular weight is 498 g/mol. The Bertz CT molecular complexity index is 1240. The summed E-state index contributed by atoms with van der Waals surface area (Å²) in [5.74, 6) is -0.895. The Morgan fingerprint density at radius 3 is 2.43 bits per heavy atom. The molecule has 10 nitrogen and oxygen atoms in total. The zero-order valence-electron chi connectivity index (χ0n) is 20.2. The lowest BCUT2D eigenvalue weighted by molar-refractivity contribution is -0.113. The van der Waals surface area contributed by atoms with Crippen molar-refractivity contribution in [2.75, 3.05) is 44.3 Å². The van der Waals surface area contributed by atoms with Crippen LogP contribution in [0.15, 0.2) is 47.6 Å². The number of amides is 1. The number of carbonyl (C=O) groups excluding carboxylic acids is 3. The SMILES string of the molecule is CCn1c(SCC(=O)Nc2cc(C(=O)OC)ccc2C(=O)OC)nnc1-c1cccc(N(C)C)c1. The first-order valence-electron chi connectivity index (χ1n) is 10.7. The van der Waals surface area contributed by atoms with Gasteiger partial charge < -0.3 is 24.3 Å². The van der Waals surface area contributed by atoms with E-state index < -0.39 is 11.9 Å². The molecular formula is C24H27N5O5S. The summed E-state index contributed by atoms with van der Waals surface area (Å²) < 4.78 is 11.4. The highest BCUT2D eigenvalue weighted by Crippen LogP contribution is 2.27. The third-order valence-electron chi connectivity index (χ3n) is 5.11. The Hall–Kier alpha value is -3.86. The number of hydrogen-bond acceptors (Lipinski definition) is 9. The van der Waals surface area contributed by atoms with Crippen LogP contribution in [0.2, 0.25) is 0 Å². The van der Waals surface area contributed by atoms with Crippen molar-refractivity contribution in [2.24, 2.45) is 0 Å². The predicted octanol–water partition coefficient (Wildman–Crippen LogP) is 3.34. The number of benzene rings is 2. The monoisotopic (exact) mass is 497 g/mol. The molecule has 0 unspecified atom stereocenters. The molecule has 3 aromatic rings. The second-order valence-corrected chi connectivity index (χ2v) is 8.52. The summed E-state index contributed by atoms with van der Waals surface area (Å²) in [6.07, 6.45) is 0. The van der Waals surface area contributed by atoms with Crippen molar-refractivity contribution < 1.29 is 23.9 Å². The lowest BCUT2D eigenvalue weighted by Crippen LogP contribution is -2.18. The van der Waals surface area contributed by atoms with Gasteiger partial charge in [0.15, 0.2) is 11.0 Å². The number of rotatable bonds is 9. The molecule has 0 aliphatic rings. The van der Waals surface area contributed by atoms with Crippen molar-refractivity contribution in [1.82, 2.24) is 14.8 Å². The number of esters is 2. The van der Waals surface area contributed by atoms with Gasteiger partial charge in [-0.1, -0.05) is 23.9 Å². The summed E-state index contributed by atoms with van der Waals surface area (Å²) in [6.45, 7) is 2.60. The summed E-state index contributed by atoms with van der Waals surface area (Å²) >= 11 is 1.22. The maximum atomic E-state index is 12.7. The highest BCUT2D eigenvalue weighted by atomic mass is 32.2. The molecule has 0 saturated heterocycles. The Labute approximate surface area is 207 Å². The molecule has 1 amide bonds. The van der Waals surface area contributed by atoms with Gasteiger partial charge in [-0.05, 0) is 37.3 Å². The highest BCUT2D eigenvalue weighted by Gasteiger charge is 2.19. The Morgan fingerprint density at radius 1 is 1.03 bits per heavy atom. The number of thioether (sulfide) groups is 1. The Kier molecular flexibility index (Phi) is 8.48. The van der Waals surface area contributed by atoms with Gasteiger partial charge >= 0.3 is 11.9 Å². The molecule has 0 radical (unpaired) electrons. The van der Waals surface area contributed by atoms with E-state index in [0.29, 0.717) is 17.5 Å². The van der Waals surface area contributed by atoms with Crippen LogP contribution in [0.3, 0.4) is 0 Å². The van der Waals surface area contributed by atoms with E-state index in [1.807, 2.05) is 54.8 Å². The molecule has 35 heavy (non-hydrogen) atoms. The predicted molar refractivity (Wildman–Crippen MR) is 134 cm³/mol. The van der Waals surface area contributed by atoms with Crippen LogP contribution >= 0.6 is 11.8 Å². The van der Waals surface area contributed by atoms with Gasteiger partial charge in [0.05, 0.1) is 36.8 Å². The van der Waals surface area contributed by atoms with Crippen LogP contribution in [0.4, 0.5) is 11.4 Å². The van der Waals surface area contributed by atoms with E-state index in [9.17, 15) is 14.4 Å². The smallest absolute Gasteiger partial charge is 0.339 e. The van der Waals surface area contributed by atoms with Gasteiger partial charge in [0.25, 0.3) is 0 Å². The van der Waals surface area contributed by atoms with E-state index in [2.05, 4.69) is 15.5 Å². The minimum absolute atomic E-state index is 0.0128. The maximum Gasteiger partial charge on any atom is 0.339 e. The first-order valence-corrected chi connectivity index (χ1v) is 11.7. The topological polar surface area (TPSA) is 116 Å². The van der Waals surface area contributed by atoms with Crippen LogP contribution in [0.25, 0.3) is 11.4 Å². The van der Waals surface area contributed by atoms with Gasteiger partial charge in [-0.25, -0.2) is 9.59 Å². The van der Waals surface area contributed by atoms with Crippen molar-refractivity contribution in [1.29, 1.82) is 0 Å². The summed E-state index contributed by atoms with van der Waals surface area (Å²) in [6, 6.07) is 12.2. The van der Waals surface area contributed by atoms with E-state index in [0.717, 1.165) is 11.3 Å². The summed E-state index contributed by atoms with van der Waals surface area (Å²) in [7, 11) is 6.42. The van der Waals surface area contributed by atoms with Gasteiger partial charge in [0, 0.05) is 31.9 Å². The van der Waals surface area contributed by atoms with Crippen LogP contribution in [-0.2, 0) is 20.8 Å². The maximum absolute atomic E-state index is 12.7. The highest BCUT2D eigenvalue weighted by molar-refractivity contribution is 7.99. The van der Waals surface area contributed by atoms with Gasteiger partial charge in [-0.15, -0.1) is 10.2 Å². The average Bonchev–Trinajstić information content (AvgIpc) is 3.29. The number of anilines is 2. The number of methoxy groups -OCH3 is 2. The number of carbonyl (C=O) groups is 3. The third-order valence-corrected chi connectivity index (χ3v) is 6.07. The first-order chi connectivity index (χ1) is 16.8. The van der Waals surface area contributed by atoms with Crippen molar-refractivity contribution in [3.8, 4) is 11.4 Å². The Balaban J connectivity index is 1.78. The van der Waals surface area contributed by atoms with Crippen molar-refractivity contribution >= 4 is 41.0 Å². The lowest BCUT2D eigenvalue weighted by Gasteiger charge is -2.14. The molecule has 1 aromatic heterocycles. The fraction of sp³-hybridized carbons (Fsp3) is 0.292. The largest absolute Gasteiger partial charge is 0.465 e. The number of ether oxygens (including phenoxy) is 2. The number of hydrogen-bond donors (Lipinski definition) is 1. The minimum atomic E-state index is -0.639. The molecule has 0 saturated carbocycles. The van der Waals surface area contributed by atoms with Gasteiger partial charge in [0.2, 0.25) is 5.91 Å². The van der Waals surface area contributed by atoms with E-state index >= 15 is 0 Å². The molecule has 1 heterocycles. The summed E-state index contributed by atoms with van der Waals surface area (Å²) in [5, 5.41) is 11.9. The molecule has 0 bridgehead atoms. The van der Waals surface area contributed by atoms with E-state index in [4.69, 9.17) is 9.47 Å². The molecule has 0 fully saturated rings. The number of nitrogens with one attached hydrogen (secondary N) is 1. The van der Waals surface area contributed by atoms with E-state index in [1.165, 1.54) is 44.2 Å². The molecule has 0 atom stereocenters. The lowest BCUT2D eigenvalue weighted by atomic mass is 10.1. The van der Waals surface area contributed by atoms with E-state index in [-0.39, 0.29) is 28.5 Å². The van der Waals surface area contributed by atoms with Crippen molar-refractivity contribution in [3.05, 3.63) is 53.6 Å². The van der Waals surface area contributed by atoms with Crippen LogP contribution in [0.5, 0.6) is 0 Å². The normalized spacial score (nSPS) is 10.5. The van der Waals surface area contributed by atoms with Crippen LogP contribution in [-0.4, -0.2) is 66.7 Å². The molecule has 0 aliphatic carbocycles. The standard InChI is InChI=1S/C24H27N5O5S/c1-6-29-21(15-8-7-9-17(12-15)28(2)3)26-27-24(29)35-14-20(30)25-19-13-16(22(31)33-4)10-11-18(19)23(32)34-5/h7-13H,6,14H2,1-5H3,(H,25,30). The first kappa shape index (κ1) is 25.8. The fourth-order valence-electron chi connectivity index (χ4n) is 3.31. The van der Waals surface area contributed by atoms with E-state index in [1.54, 1.807) is 0 Å². The zero-order valence-corrected chi connectivity index (χ0v) is 21.0. The molecule has 1 N–H and O–H groups in total. The Morgan fingerprint density at radius 2 is 1.77 bits per heavy atom. The molecule has 2 aromatic carbocycles. The van der Waals surface area contributed by atoms with Crippen LogP contribution in [0, 0.1) is 0 Å². The molecule has 184 valence electrons. The number of aromatic nitrogens is 3. The van der Waals surface area contributed by atoms with Crippen LogP contribution < -0.4 is 10.2 Å². The molecule has 0 spiro atoms. The second-order valence-electron chi connectivity index (χ2n) is 7.58. The molecule has 3 rings (SSSR count). The van der Waals surface area contributed by atoms with Gasteiger partial charge in [-0.2, -0.15) is 0 Å². The summed E-state index contributed by atoms with van der Waals surface area (Å²) in [4.78, 5) is 38.7. The van der Waals surface area contributed by atoms with Gasteiger partial charge in [0.1, 0.15) is 0 Å². The van der Waals surface area contributed by atoms with Crippen molar-refractivity contribution in [2.45, 2.75) is 18.6 Å². The molecular weight excluding hydrogens is 470 g/mol. The van der Waals surface area contributed by atoms with Crippen LogP contribution in [0.1, 0.15) is 27.6 Å². The van der Waals surface area contributed by atoms with Gasteiger partial charge in [-0.3, -0.25) is 4.79 Å². The minimum Gasteiger partial charge on any atom is -0.465 e. The molecule has 11 heteroatoms.